The lowest BCUT2D eigenvalue weighted by atomic mass is 10.1. The molecule has 2 heterocycles. The Morgan fingerprint density at radius 3 is 2.75 bits per heavy atom. The van der Waals surface area contributed by atoms with E-state index in [4.69, 9.17) is 28.5 Å². The number of carbonyl (C=O) groups is 1. The Hall–Kier alpha value is -2.27. The summed E-state index contributed by atoms with van der Waals surface area (Å²) >= 11 is 13.4. The molecule has 0 radical (unpaired) electrons. The van der Waals surface area contributed by atoms with Crippen LogP contribution in [0.25, 0.3) is 5.65 Å². The molecular formula is C19H17Cl2N5OS. The summed E-state index contributed by atoms with van der Waals surface area (Å²) in [4.78, 5) is 14.5. The van der Waals surface area contributed by atoms with Gasteiger partial charge in [-0.2, -0.15) is 5.26 Å². The molecule has 0 atom stereocenters. The van der Waals surface area contributed by atoms with Gasteiger partial charge in [-0.05, 0) is 43.2 Å². The third-order valence-electron chi connectivity index (χ3n) is 4.27. The number of benzene rings is 1. The second-order valence-corrected chi connectivity index (χ2v) is 7.98. The van der Waals surface area contributed by atoms with Crippen molar-refractivity contribution in [1.29, 1.82) is 5.26 Å². The summed E-state index contributed by atoms with van der Waals surface area (Å²) in [5.41, 5.74) is 3.50. The fourth-order valence-corrected chi connectivity index (χ4v) is 3.95. The van der Waals surface area contributed by atoms with Crippen LogP contribution < -0.4 is 4.90 Å². The molecule has 0 spiro atoms. The Kier molecular flexibility index (Phi) is 6.45. The molecule has 0 saturated heterocycles. The van der Waals surface area contributed by atoms with Crippen molar-refractivity contribution in [1.82, 2.24) is 14.6 Å². The number of fused-ring (bicyclic) bond motifs is 1. The molecular weight excluding hydrogens is 417 g/mol. The molecule has 0 unspecified atom stereocenters. The van der Waals surface area contributed by atoms with Crippen molar-refractivity contribution in [2.75, 3.05) is 17.2 Å². The summed E-state index contributed by atoms with van der Waals surface area (Å²) < 4.78 is 1.66. The largest absolute Gasteiger partial charge is 0.311 e. The first-order valence-corrected chi connectivity index (χ1v) is 10.2. The topological polar surface area (TPSA) is 74.3 Å². The summed E-state index contributed by atoms with van der Waals surface area (Å²) in [6.07, 6.45) is 1.91. The van der Waals surface area contributed by atoms with Crippen LogP contribution in [0.4, 0.5) is 5.69 Å². The van der Waals surface area contributed by atoms with E-state index in [1.165, 1.54) is 11.8 Å². The highest BCUT2D eigenvalue weighted by atomic mass is 35.5. The zero-order chi connectivity index (χ0) is 20.3. The Morgan fingerprint density at radius 2 is 2.04 bits per heavy atom. The van der Waals surface area contributed by atoms with Crippen LogP contribution in [0.3, 0.4) is 0 Å². The van der Waals surface area contributed by atoms with Crippen LogP contribution in [0, 0.1) is 25.2 Å². The Balaban J connectivity index is 1.80. The van der Waals surface area contributed by atoms with Crippen molar-refractivity contribution in [2.24, 2.45) is 0 Å². The molecule has 9 heteroatoms. The van der Waals surface area contributed by atoms with Crippen LogP contribution >= 0.6 is 35.0 Å². The average Bonchev–Trinajstić information content (AvgIpc) is 3.06. The maximum atomic E-state index is 12.9. The van der Waals surface area contributed by atoms with Crippen LogP contribution in [0.2, 0.25) is 10.0 Å². The Morgan fingerprint density at radius 1 is 1.25 bits per heavy atom. The SMILES string of the molecule is Cc1ccc(N(CCC#N)C(=O)CSc2nnc3c(Cl)cc(Cl)cn23)cc1C. The molecule has 28 heavy (non-hydrogen) atoms. The number of thioether (sulfide) groups is 1. The molecule has 3 aromatic rings. The lowest BCUT2D eigenvalue weighted by Crippen LogP contribution is -2.33. The molecule has 0 N–H and O–H groups in total. The molecule has 6 nitrogen and oxygen atoms in total. The summed E-state index contributed by atoms with van der Waals surface area (Å²) in [5, 5.41) is 18.5. The summed E-state index contributed by atoms with van der Waals surface area (Å²) in [5.74, 6) is 0.0249. The number of amides is 1. The van der Waals surface area contributed by atoms with E-state index in [-0.39, 0.29) is 18.1 Å². The van der Waals surface area contributed by atoms with Gasteiger partial charge in [0.05, 0.1) is 28.3 Å². The van der Waals surface area contributed by atoms with Crippen molar-refractivity contribution in [3.8, 4) is 6.07 Å². The zero-order valence-corrected chi connectivity index (χ0v) is 17.6. The van der Waals surface area contributed by atoms with Crippen molar-refractivity contribution in [3.05, 3.63) is 51.6 Å². The molecule has 1 aromatic carbocycles. The predicted molar refractivity (Wildman–Crippen MR) is 112 cm³/mol. The molecule has 0 fully saturated rings. The number of nitriles is 1. The lowest BCUT2D eigenvalue weighted by Gasteiger charge is -2.22. The van der Waals surface area contributed by atoms with Gasteiger partial charge < -0.3 is 4.90 Å². The second kappa shape index (κ2) is 8.82. The van der Waals surface area contributed by atoms with Gasteiger partial charge >= 0.3 is 0 Å². The number of aryl methyl sites for hydroxylation is 2. The smallest absolute Gasteiger partial charge is 0.237 e. The monoisotopic (exact) mass is 433 g/mol. The number of hydrogen-bond donors (Lipinski definition) is 0. The van der Waals surface area contributed by atoms with Gasteiger partial charge in [-0.3, -0.25) is 9.20 Å². The van der Waals surface area contributed by atoms with Crippen LogP contribution in [0.1, 0.15) is 17.5 Å². The minimum absolute atomic E-state index is 0.117. The van der Waals surface area contributed by atoms with Gasteiger partial charge in [-0.1, -0.05) is 41.0 Å². The highest BCUT2D eigenvalue weighted by molar-refractivity contribution is 7.99. The fourth-order valence-electron chi connectivity index (χ4n) is 2.66. The first kappa shape index (κ1) is 20.5. The third-order valence-corrected chi connectivity index (χ3v) is 5.68. The highest BCUT2D eigenvalue weighted by Gasteiger charge is 2.18. The second-order valence-electron chi connectivity index (χ2n) is 6.19. The number of rotatable bonds is 6. The van der Waals surface area contributed by atoms with E-state index >= 15 is 0 Å². The summed E-state index contributed by atoms with van der Waals surface area (Å²) in [6.45, 7) is 4.34. The molecule has 2 aromatic heterocycles. The van der Waals surface area contributed by atoms with Gasteiger partial charge in [0.25, 0.3) is 0 Å². The lowest BCUT2D eigenvalue weighted by molar-refractivity contribution is -0.116. The Bertz CT molecular complexity index is 1080. The standard InChI is InChI=1S/C19H17Cl2N5OS/c1-12-4-5-15(8-13(12)2)25(7-3-6-22)17(27)11-28-19-24-23-18-16(21)9-14(20)10-26(18)19/h4-5,8-10H,3,7,11H2,1-2H3. The maximum absolute atomic E-state index is 12.9. The van der Waals surface area contributed by atoms with Gasteiger partial charge in [0, 0.05) is 18.4 Å². The van der Waals surface area contributed by atoms with Gasteiger partial charge in [0.2, 0.25) is 5.91 Å². The van der Waals surface area contributed by atoms with Crippen molar-refractivity contribution < 1.29 is 4.79 Å². The third kappa shape index (κ3) is 4.41. The van der Waals surface area contributed by atoms with Crippen molar-refractivity contribution in [2.45, 2.75) is 25.4 Å². The highest BCUT2D eigenvalue weighted by Crippen LogP contribution is 2.26. The van der Waals surface area contributed by atoms with Gasteiger partial charge in [0.15, 0.2) is 10.8 Å². The van der Waals surface area contributed by atoms with Gasteiger partial charge in [-0.25, -0.2) is 0 Å². The number of nitrogens with zero attached hydrogens (tertiary/aromatic N) is 5. The minimum atomic E-state index is -0.117. The number of pyridine rings is 1. The van der Waals surface area contributed by atoms with Crippen LogP contribution in [-0.4, -0.2) is 32.8 Å². The number of aromatic nitrogens is 3. The molecule has 0 saturated carbocycles. The van der Waals surface area contributed by atoms with E-state index < -0.39 is 0 Å². The first-order chi connectivity index (χ1) is 13.4. The number of hydrogen-bond acceptors (Lipinski definition) is 5. The Labute approximate surface area is 177 Å². The van der Waals surface area contributed by atoms with Crippen molar-refractivity contribution in [3.63, 3.8) is 0 Å². The molecule has 144 valence electrons. The summed E-state index contributed by atoms with van der Waals surface area (Å²) in [6, 6.07) is 9.52. The molecule has 0 aliphatic heterocycles. The van der Waals surface area contributed by atoms with E-state index in [9.17, 15) is 4.79 Å². The number of carbonyl (C=O) groups excluding carboxylic acids is 1. The maximum Gasteiger partial charge on any atom is 0.237 e. The van der Waals surface area contributed by atoms with E-state index in [2.05, 4.69) is 16.3 Å². The predicted octanol–water partition coefficient (Wildman–Crippen LogP) is 4.69. The molecule has 3 rings (SSSR count). The van der Waals surface area contributed by atoms with E-state index in [1.54, 1.807) is 21.6 Å². The van der Waals surface area contributed by atoms with Crippen LogP contribution in [0.5, 0.6) is 0 Å². The number of halogens is 2. The quantitative estimate of drug-likeness (QED) is 0.526. The van der Waals surface area contributed by atoms with Gasteiger partial charge in [-0.15, -0.1) is 10.2 Å². The molecule has 0 bridgehead atoms. The molecule has 0 aliphatic rings. The van der Waals surface area contributed by atoms with Crippen LogP contribution in [0.15, 0.2) is 35.6 Å². The molecule has 0 aliphatic carbocycles. The van der Waals surface area contributed by atoms with Crippen molar-refractivity contribution >= 4 is 52.2 Å². The summed E-state index contributed by atoms with van der Waals surface area (Å²) in [7, 11) is 0. The van der Waals surface area contributed by atoms with Gasteiger partial charge in [0.1, 0.15) is 0 Å². The van der Waals surface area contributed by atoms with E-state index in [1.807, 2.05) is 32.0 Å². The first-order valence-electron chi connectivity index (χ1n) is 8.48. The van der Waals surface area contributed by atoms with E-state index in [0.717, 1.165) is 16.8 Å². The minimum Gasteiger partial charge on any atom is -0.311 e. The van der Waals surface area contributed by atoms with E-state index in [0.29, 0.717) is 27.4 Å². The fraction of sp³-hybridized carbons (Fsp3) is 0.263. The zero-order valence-electron chi connectivity index (χ0n) is 15.3. The normalized spacial score (nSPS) is 10.8. The number of anilines is 1. The average molecular weight is 434 g/mol. The molecule has 1 amide bonds. The van der Waals surface area contributed by atoms with Crippen LogP contribution in [-0.2, 0) is 4.79 Å².